The van der Waals surface area contributed by atoms with E-state index in [0.717, 1.165) is 9.77 Å². The fraction of sp³-hybridized carbons (Fsp3) is 0.0588. The third-order valence-corrected chi connectivity index (χ3v) is 4.27. The zero-order valence-electron chi connectivity index (χ0n) is 13.0. The molecule has 1 heterocycles. The topological polar surface area (TPSA) is 49.8 Å². The summed E-state index contributed by atoms with van der Waals surface area (Å²) >= 11 is 7.93. The highest BCUT2D eigenvalue weighted by Gasteiger charge is 2.35. The van der Waals surface area contributed by atoms with Crippen LogP contribution in [0.4, 0.5) is 36.3 Å². The molecule has 4 nitrogen and oxygen atoms in total. The van der Waals surface area contributed by atoms with Crippen molar-refractivity contribution in [1.82, 2.24) is 9.97 Å². The van der Waals surface area contributed by atoms with Gasteiger partial charge in [-0.1, -0.05) is 11.6 Å². The van der Waals surface area contributed by atoms with Gasteiger partial charge in [-0.3, -0.25) is 0 Å². The standard InChI is InChI=1S/C17H11ClF3IN4/c18-10-1-5-13(6-2-10)25-16-23-9-14(17(19,20)21)15(26-16)24-12-7-3-11(22)4-8-12/h1-9H,(H2,23,24,25,26). The van der Waals surface area contributed by atoms with Gasteiger partial charge in [-0.25, -0.2) is 4.98 Å². The second-order valence-electron chi connectivity index (χ2n) is 5.22. The van der Waals surface area contributed by atoms with Crippen LogP contribution in [-0.4, -0.2) is 9.97 Å². The Morgan fingerprint density at radius 2 is 1.46 bits per heavy atom. The highest BCUT2D eigenvalue weighted by Crippen LogP contribution is 2.35. The molecule has 0 spiro atoms. The molecule has 0 aliphatic rings. The fourth-order valence-corrected chi connectivity index (χ4v) is 2.56. The van der Waals surface area contributed by atoms with Gasteiger partial charge in [-0.05, 0) is 71.1 Å². The summed E-state index contributed by atoms with van der Waals surface area (Å²) in [5, 5.41) is 6.11. The number of benzene rings is 2. The van der Waals surface area contributed by atoms with Gasteiger partial charge in [0.2, 0.25) is 5.95 Å². The van der Waals surface area contributed by atoms with Gasteiger partial charge in [0.1, 0.15) is 11.4 Å². The van der Waals surface area contributed by atoms with Crippen molar-refractivity contribution >= 4 is 57.3 Å². The Labute approximate surface area is 166 Å². The first-order valence-electron chi connectivity index (χ1n) is 7.31. The van der Waals surface area contributed by atoms with Crippen LogP contribution >= 0.6 is 34.2 Å². The van der Waals surface area contributed by atoms with Crippen molar-refractivity contribution in [3.63, 3.8) is 0 Å². The van der Waals surface area contributed by atoms with Gasteiger partial charge in [0.05, 0.1) is 0 Å². The molecule has 0 aliphatic carbocycles. The molecule has 9 heteroatoms. The summed E-state index contributed by atoms with van der Waals surface area (Å²) in [7, 11) is 0. The Kier molecular flexibility index (Phi) is 5.52. The average Bonchev–Trinajstić information content (AvgIpc) is 2.58. The minimum atomic E-state index is -4.58. The molecule has 1 aromatic heterocycles. The zero-order chi connectivity index (χ0) is 18.7. The number of aromatic nitrogens is 2. The molecule has 0 unspecified atom stereocenters. The van der Waals surface area contributed by atoms with E-state index in [9.17, 15) is 13.2 Å². The molecule has 0 aliphatic heterocycles. The largest absolute Gasteiger partial charge is 0.421 e. The van der Waals surface area contributed by atoms with Gasteiger partial charge in [-0.15, -0.1) is 0 Å². The molecule has 0 amide bonds. The van der Waals surface area contributed by atoms with Crippen LogP contribution in [0.5, 0.6) is 0 Å². The number of nitrogens with zero attached hydrogens (tertiary/aromatic N) is 2. The second kappa shape index (κ2) is 7.67. The Hall–Kier alpha value is -2.07. The first-order valence-corrected chi connectivity index (χ1v) is 8.76. The summed E-state index contributed by atoms with van der Waals surface area (Å²) in [5.41, 5.74) is 0.152. The molecule has 0 atom stereocenters. The van der Waals surface area contributed by atoms with Crippen molar-refractivity contribution in [1.29, 1.82) is 0 Å². The van der Waals surface area contributed by atoms with Gasteiger partial charge in [0.25, 0.3) is 0 Å². The summed E-state index contributed by atoms with van der Waals surface area (Å²) in [6.45, 7) is 0. The van der Waals surface area contributed by atoms with E-state index in [1.807, 2.05) is 0 Å². The van der Waals surface area contributed by atoms with Crippen molar-refractivity contribution in [3.05, 3.63) is 68.9 Å². The van der Waals surface area contributed by atoms with Crippen molar-refractivity contribution < 1.29 is 13.2 Å². The van der Waals surface area contributed by atoms with Crippen LogP contribution in [0.15, 0.2) is 54.7 Å². The van der Waals surface area contributed by atoms with Crippen molar-refractivity contribution in [2.75, 3.05) is 10.6 Å². The summed E-state index contributed by atoms with van der Waals surface area (Å²) in [6.07, 6.45) is -3.83. The summed E-state index contributed by atoms with van der Waals surface area (Å²) in [4.78, 5) is 7.75. The highest BCUT2D eigenvalue weighted by atomic mass is 127. The van der Waals surface area contributed by atoms with Gasteiger partial charge in [0.15, 0.2) is 0 Å². The molecule has 2 aromatic carbocycles. The first-order chi connectivity index (χ1) is 12.3. The molecule has 26 heavy (non-hydrogen) atoms. The average molecular weight is 491 g/mol. The maximum atomic E-state index is 13.3. The SMILES string of the molecule is FC(F)(F)c1cnc(Nc2ccc(Cl)cc2)nc1Nc1ccc(I)cc1. The number of alkyl halides is 3. The third-order valence-electron chi connectivity index (χ3n) is 3.30. The van der Waals surface area contributed by atoms with E-state index >= 15 is 0 Å². The van der Waals surface area contributed by atoms with E-state index in [2.05, 4.69) is 43.2 Å². The van der Waals surface area contributed by atoms with Crippen LogP contribution in [0.1, 0.15) is 5.56 Å². The third kappa shape index (κ3) is 4.76. The molecule has 0 fully saturated rings. The molecule has 2 N–H and O–H groups in total. The van der Waals surface area contributed by atoms with E-state index in [1.165, 1.54) is 0 Å². The molecular weight excluding hydrogens is 480 g/mol. The van der Waals surface area contributed by atoms with Crippen LogP contribution < -0.4 is 10.6 Å². The molecule has 0 radical (unpaired) electrons. The monoisotopic (exact) mass is 490 g/mol. The lowest BCUT2D eigenvalue weighted by Crippen LogP contribution is -2.12. The molecule has 0 bridgehead atoms. The van der Waals surface area contributed by atoms with Gasteiger partial charge < -0.3 is 10.6 Å². The molecular formula is C17H11ClF3IN4. The lowest BCUT2D eigenvalue weighted by atomic mass is 10.2. The zero-order valence-corrected chi connectivity index (χ0v) is 15.9. The number of nitrogens with one attached hydrogen (secondary N) is 2. The molecule has 3 aromatic rings. The summed E-state index contributed by atoms with van der Waals surface area (Å²) in [5.74, 6) is -0.293. The normalized spacial score (nSPS) is 11.3. The lowest BCUT2D eigenvalue weighted by Gasteiger charge is -2.15. The number of anilines is 4. The first kappa shape index (κ1) is 18.7. The van der Waals surface area contributed by atoms with Gasteiger partial charge >= 0.3 is 6.18 Å². The predicted molar refractivity (Wildman–Crippen MR) is 104 cm³/mol. The minimum Gasteiger partial charge on any atom is -0.340 e. The van der Waals surface area contributed by atoms with Gasteiger partial charge in [-0.2, -0.15) is 18.2 Å². The Morgan fingerprint density at radius 3 is 2.08 bits per heavy atom. The van der Waals surface area contributed by atoms with E-state index in [0.29, 0.717) is 16.4 Å². The molecule has 0 saturated heterocycles. The Morgan fingerprint density at radius 1 is 0.885 bits per heavy atom. The maximum Gasteiger partial charge on any atom is 0.421 e. The van der Waals surface area contributed by atoms with Crippen LogP contribution in [0.25, 0.3) is 0 Å². The quantitative estimate of drug-likeness (QED) is 0.425. The minimum absolute atomic E-state index is 0.0355. The summed E-state index contributed by atoms with van der Waals surface area (Å²) < 4.78 is 40.8. The Bertz CT molecular complexity index is 899. The Balaban J connectivity index is 1.93. The van der Waals surface area contributed by atoms with Crippen molar-refractivity contribution in [2.45, 2.75) is 6.18 Å². The number of hydrogen-bond acceptors (Lipinski definition) is 4. The van der Waals surface area contributed by atoms with Crippen LogP contribution in [0.2, 0.25) is 5.02 Å². The number of rotatable bonds is 4. The fourth-order valence-electron chi connectivity index (χ4n) is 2.08. The number of halogens is 5. The lowest BCUT2D eigenvalue weighted by molar-refractivity contribution is -0.137. The predicted octanol–water partition coefficient (Wildman–Crippen LogP) is 6.24. The highest BCUT2D eigenvalue weighted by molar-refractivity contribution is 14.1. The van der Waals surface area contributed by atoms with E-state index < -0.39 is 11.7 Å². The second-order valence-corrected chi connectivity index (χ2v) is 6.90. The number of hydrogen-bond donors (Lipinski definition) is 2. The van der Waals surface area contributed by atoms with E-state index in [-0.39, 0.29) is 11.8 Å². The maximum absolute atomic E-state index is 13.3. The summed E-state index contributed by atoms with van der Waals surface area (Å²) in [6, 6.07) is 13.6. The van der Waals surface area contributed by atoms with Gasteiger partial charge in [0, 0.05) is 26.2 Å². The van der Waals surface area contributed by atoms with E-state index in [1.54, 1.807) is 48.5 Å². The van der Waals surface area contributed by atoms with E-state index in [4.69, 9.17) is 11.6 Å². The molecule has 3 rings (SSSR count). The molecule has 134 valence electrons. The van der Waals surface area contributed by atoms with Crippen molar-refractivity contribution in [3.8, 4) is 0 Å². The van der Waals surface area contributed by atoms with Crippen LogP contribution in [0, 0.1) is 3.57 Å². The molecule has 0 saturated carbocycles. The smallest absolute Gasteiger partial charge is 0.340 e. The van der Waals surface area contributed by atoms with Crippen molar-refractivity contribution in [2.24, 2.45) is 0 Å². The van der Waals surface area contributed by atoms with Crippen LogP contribution in [-0.2, 0) is 6.18 Å². The van der Waals surface area contributed by atoms with Crippen LogP contribution in [0.3, 0.4) is 0 Å².